The van der Waals surface area contributed by atoms with Gasteiger partial charge in [-0.05, 0) is 49.6 Å². The van der Waals surface area contributed by atoms with Crippen molar-refractivity contribution in [2.45, 2.75) is 45.3 Å². The van der Waals surface area contributed by atoms with E-state index in [0.717, 1.165) is 18.4 Å². The third kappa shape index (κ3) is 7.53. The lowest BCUT2D eigenvalue weighted by molar-refractivity contribution is -0.137. The molecule has 1 fully saturated rings. The predicted molar refractivity (Wildman–Crippen MR) is 113 cm³/mol. The molecule has 1 saturated heterocycles. The van der Waals surface area contributed by atoms with Gasteiger partial charge in [0.25, 0.3) is 0 Å². The van der Waals surface area contributed by atoms with Gasteiger partial charge in [-0.1, -0.05) is 0 Å². The van der Waals surface area contributed by atoms with Crippen molar-refractivity contribution in [3.05, 3.63) is 48.0 Å². The fourth-order valence-corrected chi connectivity index (χ4v) is 3.27. The molecule has 9 heteroatoms. The quantitative estimate of drug-likeness (QED) is 0.599. The van der Waals surface area contributed by atoms with Gasteiger partial charge in [-0.3, -0.25) is 14.4 Å². The number of hydrogen-bond donors (Lipinski definition) is 2. The van der Waals surface area contributed by atoms with Crippen molar-refractivity contribution in [1.82, 2.24) is 15.2 Å². The molecule has 1 atom stereocenters. The number of pyridine rings is 1. The Kier molecular flexibility index (Phi) is 8.17. The zero-order valence-electron chi connectivity index (χ0n) is 17.6. The van der Waals surface area contributed by atoms with E-state index in [2.05, 4.69) is 15.6 Å². The van der Waals surface area contributed by atoms with E-state index in [1.54, 1.807) is 24.4 Å². The van der Waals surface area contributed by atoms with Crippen molar-refractivity contribution in [3.63, 3.8) is 0 Å². The number of nitrogens with zero attached hydrogens (tertiary/aromatic N) is 2. The second-order valence-electron chi connectivity index (χ2n) is 7.53. The molecule has 3 amide bonds. The first-order valence-electron chi connectivity index (χ1n) is 10.4. The van der Waals surface area contributed by atoms with Gasteiger partial charge in [-0.15, -0.1) is 0 Å². The van der Waals surface area contributed by atoms with Gasteiger partial charge >= 0.3 is 0 Å². The van der Waals surface area contributed by atoms with Gasteiger partial charge in [-0.2, -0.15) is 0 Å². The Morgan fingerprint density at radius 2 is 2.10 bits per heavy atom. The largest absolute Gasteiger partial charge is 0.467 e. The van der Waals surface area contributed by atoms with Gasteiger partial charge in [0.1, 0.15) is 11.6 Å². The van der Waals surface area contributed by atoms with E-state index >= 15 is 0 Å². The molecule has 2 N–H and O–H groups in total. The smallest absolute Gasteiger partial charge is 0.239 e. The van der Waals surface area contributed by atoms with Gasteiger partial charge in [0.05, 0.1) is 25.5 Å². The van der Waals surface area contributed by atoms with Gasteiger partial charge < -0.3 is 24.7 Å². The first-order chi connectivity index (χ1) is 15.0. The highest BCUT2D eigenvalue weighted by Crippen LogP contribution is 2.12. The Bertz CT molecular complexity index is 878. The summed E-state index contributed by atoms with van der Waals surface area (Å²) in [5.74, 6) is 0.110. The van der Waals surface area contributed by atoms with Crippen LogP contribution in [0.4, 0.5) is 5.82 Å². The van der Waals surface area contributed by atoms with Crippen LogP contribution >= 0.6 is 0 Å². The van der Waals surface area contributed by atoms with Gasteiger partial charge in [-0.25, -0.2) is 4.98 Å². The molecule has 1 aliphatic heterocycles. The van der Waals surface area contributed by atoms with Crippen LogP contribution in [0, 0.1) is 6.92 Å². The van der Waals surface area contributed by atoms with Crippen molar-refractivity contribution in [2.75, 3.05) is 25.0 Å². The highest BCUT2D eigenvalue weighted by atomic mass is 16.5. The number of aromatic nitrogens is 1. The minimum Gasteiger partial charge on any atom is -0.467 e. The van der Waals surface area contributed by atoms with Crippen molar-refractivity contribution < 1.29 is 23.5 Å². The Labute approximate surface area is 181 Å². The maximum absolute atomic E-state index is 12.8. The van der Waals surface area contributed by atoms with Crippen LogP contribution in [-0.4, -0.2) is 53.4 Å². The van der Waals surface area contributed by atoms with Crippen LogP contribution in [0.2, 0.25) is 0 Å². The van der Waals surface area contributed by atoms with E-state index in [1.165, 1.54) is 11.2 Å². The second kappa shape index (κ2) is 11.3. The lowest BCUT2D eigenvalue weighted by Gasteiger charge is -2.21. The molecule has 1 unspecified atom stereocenters. The molecule has 0 spiro atoms. The predicted octanol–water partition coefficient (Wildman–Crippen LogP) is 2.03. The molecule has 166 valence electrons. The summed E-state index contributed by atoms with van der Waals surface area (Å²) in [5.41, 5.74) is 0.972. The number of hydrogen-bond acceptors (Lipinski definition) is 6. The fourth-order valence-electron chi connectivity index (χ4n) is 3.27. The lowest BCUT2D eigenvalue weighted by atomic mass is 10.2. The molecule has 0 aliphatic carbocycles. The van der Waals surface area contributed by atoms with Crippen molar-refractivity contribution in [1.29, 1.82) is 0 Å². The van der Waals surface area contributed by atoms with Gasteiger partial charge in [0, 0.05) is 32.2 Å². The minimum atomic E-state index is -0.313. The van der Waals surface area contributed by atoms with Crippen LogP contribution in [0.1, 0.15) is 37.0 Å². The molecular formula is C22H28N4O5. The van der Waals surface area contributed by atoms with Gasteiger partial charge in [0.2, 0.25) is 17.7 Å². The average molecular weight is 428 g/mol. The molecule has 0 aromatic carbocycles. The molecule has 3 rings (SSSR count). The van der Waals surface area contributed by atoms with E-state index in [1.807, 2.05) is 13.0 Å². The monoisotopic (exact) mass is 428 g/mol. The molecule has 2 aromatic heterocycles. The summed E-state index contributed by atoms with van der Waals surface area (Å²) < 4.78 is 10.8. The Hall–Kier alpha value is -3.20. The standard InChI is InChI=1S/C22H28N4O5/c1-16-8-9-23-19(12-16)25-20(27)6-7-22(29)26(14-18-5-3-11-31-18)15-21(28)24-13-17-4-2-10-30-17/h3,5,8-9,11-12,17H,2,4,6-7,10,13-15H2,1H3,(H,24,28)(H,23,25,27). The minimum absolute atomic E-state index is 0.0133. The van der Waals surface area contributed by atoms with Gasteiger partial charge in [0.15, 0.2) is 0 Å². The second-order valence-corrected chi connectivity index (χ2v) is 7.53. The molecular weight excluding hydrogens is 400 g/mol. The average Bonchev–Trinajstić information content (AvgIpc) is 3.44. The van der Waals surface area contributed by atoms with E-state index in [0.29, 0.717) is 24.7 Å². The van der Waals surface area contributed by atoms with Crippen LogP contribution in [0.5, 0.6) is 0 Å². The molecule has 31 heavy (non-hydrogen) atoms. The summed E-state index contributed by atoms with van der Waals surface area (Å²) in [4.78, 5) is 42.8. The number of rotatable bonds is 10. The summed E-state index contributed by atoms with van der Waals surface area (Å²) in [5, 5.41) is 5.50. The Morgan fingerprint density at radius 3 is 2.81 bits per heavy atom. The van der Waals surface area contributed by atoms with Crippen LogP contribution in [0.25, 0.3) is 0 Å². The molecule has 1 aliphatic rings. The van der Waals surface area contributed by atoms with Crippen molar-refractivity contribution >= 4 is 23.5 Å². The SMILES string of the molecule is Cc1ccnc(NC(=O)CCC(=O)N(CC(=O)NCC2CCCO2)Cc2ccco2)c1. The third-order valence-corrected chi connectivity index (χ3v) is 4.91. The Balaban J connectivity index is 1.51. The maximum atomic E-state index is 12.8. The molecule has 0 bridgehead atoms. The van der Waals surface area contributed by atoms with Crippen LogP contribution in [0.3, 0.4) is 0 Å². The molecule has 0 saturated carbocycles. The number of furan rings is 1. The van der Waals surface area contributed by atoms with Crippen LogP contribution < -0.4 is 10.6 Å². The highest BCUT2D eigenvalue weighted by molar-refractivity contribution is 5.93. The maximum Gasteiger partial charge on any atom is 0.239 e. The lowest BCUT2D eigenvalue weighted by Crippen LogP contribution is -2.42. The number of carbonyl (C=O) groups excluding carboxylic acids is 3. The summed E-state index contributed by atoms with van der Waals surface area (Å²) in [7, 11) is 0. The number of amides is 3. The molecule has 9 nitrogen and oxygen atoms in total. The van der Waals surface area contributed by atoms with E-state index in [-0.39, 0.29) is 49.8 Å². The number of aryl methyl sites for hydroxylation is 1. The summed E-state index contributed by atoms with van der Waals surface area (Å²) in [6.45, 7) is 3.07. The summed E-state index contributed by atoms with van der Waals surface area (Å²) >= 11 is 0. The molecule has 0 radical (unpaired) electrons. The van der Waals surface area contributed by atoms with Crippen molar-refractivity contribution in [3.8, 4) is 0 Å². The number of carbonyl (C=O) groups is 3. The van der Waals surface area contributed by atoms with E-state index in [4.69, 9.17) is 9.15 Å². The number of anilines is 1. The zero-order valence-corrected chi connectivity index (χ0v) is 17.6. The Morgan fingerprint density at radius 1 is 1.23 bits per heavy atom. The van der Waals surface area contributed by atoms with E-state index < -0.39 is 0 Å². The first kappa shape index (κ1) is 22.5. The molecule has 3 heterocycles. The zero-order chi connectivity index (χ0) is 22.1. The number of nitrogens with one attached hydrogen (secondary N) is 2. The topological polar surface area (TPSA) is 114 Å². The third-order valence-electron chi connectivity index (χ3n) is 4.91. The summed E-state index contributed by atoms with van der Waals surface area (Å²) in [6.07, 6.45) is 5.01. The first-order valence-corrected chi connectivity index (χ1v) is 10.4. The fraction of sp³-hybridized carbons (Fsp3) is 0.455. The van der Waals surface area contributed by atoms with Crippen LogP contribution in [-0.2, 0) is 25.7 Å². The van der Waals surface area contributed by atoms with Crippen LogP contribution in [0.15, 0.2) is 41.1 Å². The number of ether oxygens (including phenoxy) is 1. The highest BCUT2D eigenvalue weighted by Gasteiger charge is 2.21. The molecule has 2 aromatic rings. The van der Waals surface area contributed by atoms with Crippen molar-refractivity contribution in [2.24, 2.45) is 0 Å². The summed E-state index contributed by atoms with van der Waals surface area (Å²) in [6, 6.07) is 7.04. The van der Waals surface area contributed by atoms with E-state index in [9.17, 15) is 14.4 Å². The normalized spacial score (nSPS) is 15.5.